The monoisotopic (exact) mass is 484 g/mol. The quantitative estimate of drug-likeness (QED) is 0.289. The minimum atomic E-state index is -0.491. The number of hydrogen-bond donors (Lipinski definition) is 3. The lowest BCUT2D eigenvalue weighted by Crippen LogP contribution is -2.38. The Morgan fingerprint density at radius 3 is 2.63 bits per heavy atom. The van der Waals surface area contributed by atoms with Gasteiger partial charge in [-0.1, -0.05) is 36.4 Å². The van der Waals surface area contributed by atoms with E-state index in [1.54, 1.807) is 6.20 Å². The van der Waals surface area contributed by atoms with Crippen LogP contribution >= 0.6 is 24.0 Å². The van der Waals surface area contributed by atoms with E-state index >= 15 is 0 Å². The highest BCUT2D eigenvalue weighted by molar-refractivity contribution is 14.0. The van der Waals surface area contributed by atoms with Gasteiger partial charge in [-0.05, 0) is 31.9 Å². The predicted molar refractivity (Wildman–Crippen MR) is 120 cm³/mol. The number of aromatic nitrogens is 1. The highest BCUT2D eigenvalue weighted by Gasteiger charge is 2.08. The summed E-state index contributed by atoms with van der Waals surface area (Å²) in [5.41, 5.74) is 1.86. The summed E-state index contributed by atoms with van der Waals surface area (Å²) in [5, 5.41) is 16.7. The van der Waals surface area contributed by atoms with Crippen molar-refractivity contribution in [3.05, 3.63) is 59.8 Å². The summed E-state index contributed by atoms with van der Waals surface area (Å²) in [5.74, 6) is 1.33. The van der Waals surface area contributed by atoms with Crippen LogP contribution in [0.5, 0.6) is 5.88 Å². The molecule has 0 spiro atoms. The molecule has 3 N–H and O–H groups in total. The standard InChI is InChI=1S/C20H28N4O2.HI/c1-3-21-20(23-14-12-18(25)16-9-6-5-7-10-16)24-15-17-11-8-13-22-19(17)26-4-2;/h5-11,13,18,25H,3-4,12,14-15H2,1-2H3,(H2,21,23,24);1H. The molecule has 7 heteroatoms. The van der Waals surface area contributed by atoms with Crippen molar-refractivity contribution in [3.63, 3.8) is 0 Å². The summed E-state index contributed by atoms with van der Waals surface area (Å²) in [7, 11) is 0. The second kappa shape index (κ2) is 13.3. The maximum atomic E-state index is 10.2. The molecule has 27 heavy (non-hydrogen) atoms. The molecule has 6 nitrogen and oxygen atoms in total. The first-order chi connectivity index (χ1) is 12.7. The van der Waals surface area contributed by atoms with Crippen LogP contribution in [0.3, 0.4) is 0 Å². The van der Waals surface area contributed by atoms with Crippen LogP contribution in [0.15, 0.2) is 53.7 Å². The van der Waals surface area contributed by atoms with E-state index in [0.717, 1.165) is 17.7 Å². The molecule has 0 aliphatic rings. The molecule has 1 heterocycles. The Labute approximate surface area is 178 Å². The van der Waals surface area contributed by atoms with Crippen LogP contribution in [0.1, 0.15) is 37.5 Å². The molecular weight excluding hydrogens is 455 g/mol. The molecule has 0 bridgehead atoms. The summed E-state index contributed by atoms with van der Waals surface area (Å²) >= 11 is 0. The van der Waals surface area contributed by atoms with Crippen molar-refractivity contribution in [2.45, 2.75) is 32.9 Å². The summed E-state index contributed by atoms with van der Waals surface area (Å²) in [6, 6.07) is 13.5. The van der Waals surface area contributed by atoms with E-state index in [1.165, 1.54) is 0 Å². The molecule has 1 aromatic heterocycles. The normalized spacial score (nSPS) is 12.0. The molecule has 2 rings (SSSR count). The van der Waals surface area contributed by atoms with Gasteiger partial charge in [-0.2, -0.15) is 0 Å². The average Bonchev–Trinajstić information content (AvgIpc) is 2.68. The SMILES string of the molecule is CCNC(=NCc1cccnc1OCC)NCCC(O)c1ccccc1.I. The van der Waals surface area contributed by atoms with E-state index in [9.17, 15) is 5.11 Å². The van der Waals surface area contributed by atoms with Gasteiger partial charge in [0, 0.05) is 24.8 Å². The lowest BCUT2D eigenvalue weighted by molar-refractivity contribution is 0.168. The van der Waals surface area contributed by atoms with Crippen molar-refractivity contribution in [1.82, 2.24) is 15.6 Å². The van der Waals surface area contributed by atoms with Crippen LogP contribution in [0, 0.1) is 0 Å². The molecule has 1 aromatic carbocycles. The first-order valence-electron chi connectivity index (χ1n) is 9.06. The van der Waals surface area contributed by atoms with Gasteiger partial charge in [-0.3, -0.25) is 0 Å². The summed E-state index contributed by atoms with van der Waals surface area (Å²) < 4.78 is 5.54. The Morgan fingerprint density at radius 1 is 1.15 bits per heavy atom. The Hall–Kier alpha value is -1.87. The van der Waals surface area contributed by atoms with E-state index in [2.05, 4.69) is 20.6 Å². The van der Waals surface area contributed by atoms with E-state index in [0.29, 0.717) is 38.0 Å². The maximum absolute atomic E-state index is 10.2. The van der Waals surface area contributed by atoms with Gasteiger partial charge < -0.3 is 20.5 Å². The molecule has 0 fully saturated rings. The number of ether oxygens (including phenoxy) is 1. The van der Waals surface area contributed by atoms with Crippen molar-refractivity contribution in [2.75, 3.05) is 19.7 Å². The zero-order valence-electron chi connectivity index (χ0n) is 15.9. The first kappa shape index (κ1) is 23.2. The van der Waals surface area contributed by atoms with Crippen LogP contribution in [0.4, 0.5) is 0 Å². The number of pyridine rings is 1. The second-order valence-electron chi connectivity index (χ2n) is 5.74. The lowest BCUT2D eigenvalue weighted by atomic mass is 10.1. The number of rotatable bonds is 9. The Balaban J connectivity index is 0.00000364. The number of nitrogens with one attached hydrogen (secondary N) is 2. The third-order valence-corrected chi connectivity index (χ3v) is 3.78. The highest BCUT2D eigenvalue weighted by Crippen LogP contribution is 2.16. The minimum Gasteiger partial charge on any atom is -0.478 e. The van der Waals surface area contributed by atoms with Crippen molar-refractivity contribution in [3.8, 4) is 5.88 Å². The number of halogens is 1. The fourth-order valence-electron chi connectivity index (χ4n) is 2.49. The maximum Gasteiger partial charge on any atom is 0.218 e. The van der Waals surface area contributed by atoms with Crippen molar-refractivity contribution in [1.29, 1.82) is 0 Å². The largest absolute Gasteiger partial charge is 0.478 e. The molecule has 0 amide bonds. The van der Waals surface area contributed by atoms with Crippen LogP contribution in [0.2, 0.25) is 0 Å². The van der Waals surface area contributed by atoms with Crippen molar-refractivity contribution < 1.29 is 9.84 Å². The zero-order chi connectivity index (χ0) is 18.6. The number of guanidine groups is 1. The molecule has 0 aliphatic carbocycles. The molecule has 1 atom stereocenters. The van der Waals surface area contributed by atoms with E-state index in [-0.39, 0.29) is 24.0 Å². The molecule has 0 aliphatic heterocycles. The van der Waals surface area contributed by atoms with Crippen LogP contribution < -0.4 is 15.4 Å². The van der Waals surface area contributed by atoms with E-state index in [4.69, 9.17) is 4.74 Å². The van der Waals surface area contributed by atoms with Gasteiger partial charge in [0.05, 0.1) is 19.3 Å². The molecule has 1 unspecified atom stereocenters. The van der Waals surface area contributed by atoms with Crippen LogP contribution in [0.25, 0.3) is 0 Å². The number of hydrogen-bond acceptors (Lipinski definition) is 4. The molecular formula is C20H29IN4O2. The van der Waals surface area contributed by atoms with Crippen molar-refractivity contribution >= 4 is 29.9 Å². The van der Waals surface area contributed by atoms with Crippen molar-refractivity contribution in [2.24, 2.45) is 4.99 Å². The molecule has 0 saturated carbocycles. The minimum absolute atomic E-state index is 0. The smallest absolute Gasteiger partial charge is 0.218 e. The van der Waals surface area contributed by atoms with Gasteiger partial charge in [0.2, 0.25) is 5.88 Å². The fourth-order valence-corrected chi connectivity index (χ4v) is 2.49. The lowest BCUT2D eigenvalue weighted by Gasteiger charge is -2.14. The van der Waals surface area contributed by atoms with Crippen LogP contribution in [-0.2, 0) is 6.54 Å². The Kier molecular flexibility index (Phi) is 11.4. The fraction of sp³-hybridized carbons (Fsp3) is 0.400. The van der Waals surface area contributed by atoms with Crippen LogP contribution in [-0.4, -0.2) is 35.7 Å². The number of nitrogens with zero attached hydrogens (tertiary/aromatic N) is 2. The van der Waals surface area contributed by atoms with Gasteiger partial charge in [-0.25, -0.2) is 9.98 Å². The number of benzene rings is 1. The van der Waals surface area contributed by atoms with Gasteiger partial charge in [0.15, 0.2) is 5.96 Å². The molecule has 0 radical (unpaired) electrons. The number of aliphatic imine (C=N–C) groups is 1. The molecule has 2 aromatic rings. The van der Waals surface area contributed by atoms with Gasteiger partial charge >= 0.3 is 0 Å². The summed E-state index contributed by atoms with van der Waals surface area (Å²) in [6.07, 6.45) is 1.83. The van der Waals surface area contributed by atoms with Gasteiger partial charge in [0.1, 0.15) is 0 Å². The Morgan fingerprint density at radius 2 is 1.93 bits per heavy atom. The van der Waals surface area contributed by atoms with E-state index < -0.39 is 6.10 Å². The topological polar surface area (TPSA) is 78.8 Å². The first-order valence-corrected chi connectivity index (χ1v) is 9.06. The van der Waals surface area contributed by atoms with Gasteiger partial charge in [0.25, 0.3) is 0 Å². The van der Waals surface area contributed by atoms with Gasteiger partial charge in [-0.15, -0.1) is 24.0 Å². The summed E-state index contributed by atoms with van der Waals surface area (Å²) in [6.45, 7) is 6.38. The van der Waals surface area contributed by atoms with E-state index in [1.807, 2.05) is 56.3 Å². The highest BCUT2D eigenvalue weighted by atomic mass is 127. The number of aliphatic hydroxyl groups excluding tert-OH is 1. The number of aliphatic hydroxyl groups is 1. The zero-order valence-corrected chi connectivity index (χ0v) is 18.2. The third kappa shape index (κ3) is 8.13. The summed E-state index contributed by atoms with van der Waals surface area (Å²) in [4.78, 5) is 8.83. The predicted octanol–water partition coefficient (Wildman–Crippen LogP) is 3.28. The average molecular weight is 484 g/mol. The Bertz CT molecular complexity index is 683. The molecule has 0 saturated heterocycles. The molecule has 148 valence electrons. The third-order valence-electron chi connectivity index (χ3n) is 3.78. The second-order valence-corrected chi connectivity index (χ2v) is 5.74.